The van der Waals surface area contributed by atoms with E-state index in [0.29, 0.717) is 28.8 Å². The van der Waals surface area contributed by atoms with Crippen LogP contribution in [0.5, 0.6) is 0 Å². The summed E-state index contributed by atoms with van der Waals surface area (Å²) in [6.07, 6.45) is 1.88. The number of nitrogens with zero attached hydrogens (tertiary/aromatic N) is 3. The Balaban J connectivity index is 2.57. The number of aromatic nitrogens is 2. The van der Waals surface area contributed by atoms with Gasteiger partial charge in [-0.15, -0.1) is 0 Å². The van der Waals surface area contributed by atoms with Gasteiger partial charge in [-0.1, -0.05) is 42.1 Å². The number of nitriles is 1. The highest BCUT2D eigenvalue weighted by molar-refractivity contribution is 7.98. The van der Waals surface area contributed by atoms with Gasteiger partial charge in [-0.3, -0.25) is 0 Å². The first kappa shape index (κ1) is 14.3. The molecule has 1 aromatic carbocycles. The first-order chi connectivity index (χ1) is 9.80. The van der Waals surface area contributed by atoms with Gasteiger partial charge in [0.1, 0.15) is 17.5 Å². The largest absolute Gasteiger partial charge is 0.395 e. The van der Waals surface area contributed by atoms with Crippen LogP contribution in [0.4, 0.5) is 5.82 Å². The predicted molar refractivity (Wildman–Crippen MR) is 79.5 cm³/mol. The minimum absolute atomic E-state index is 0.0237. The molecule has 0 aliphatic heterocycles. The minimum Gasteiger partial charge on any atom is -0.395 e. The molecule has 0 atom stereocenters. The Morgan fingerprint density at radius 1 is 1.30 bits per heavy atom. The summed E-state index contributed by atoms with van der Waals surface area (Å²) in [5.41, 5.74) is 1.86. The van der Waals surface area contributed by atoms with Gasteiger partial charge in [0.15, 0.2) is 5.16 Å². The highest BCUT2D eigenvalue weighted by Gasteiger charge is 2.15. The zero-order valence-electron chi connectivity index (χ0n) is 11.0. The van der Waals surface area contributed by atoms with Crippen molar-refractivity contribution >= 4 is 17.6 Å². The van der Waals surface area contributed by atoms with Gasteiger partial charge < -0.3 is 10.4 Å². The summed E-state index contributed by atoms with van der Waals surface area (Å²) in [4.78, 5) is 8.72. The summed E-state index contributed by atoms with van der Waals surface area (Å²) in [6, 6.07) is 11.7. The number of thioether (sulfide) groups is 1. The SMILES string of the molecule is CSc1nc(NCCO)c(C#N)c(-c2ccccc2)n1. The number of nitrogens with one attached hydrogen (secondary N) is 1. The molecule has 6 heteroatoms. The van der Waals surface area contributed by atoms with Crippen molar-refractivity contribution in [2.24, 2.45) is 0 Å². The van der Waals surface area contributed by atoms with Crippen molar-refractivity contribution in [3.05, 3.63) is 35.9 Å². The monoisotopic (exact) mass is 286 g/mol. The molecule has 1 aromatic heterocycles. The fraction of sp³-hybridized carbons (Fsp3) is 0.214. The van der Waals surface area contributed by atoms with Crippen LogP contribution in [0, 0.1) is 11.3 Å². The van der Waals surface area contributed by atoms with Crippen LogP contribution in [0.15, 0.2) is 35.5 Å². The standard InChI is InChI=1S/C14H14N4OS/c1-20-14-17-12(10-5-3-2-4-6-10)11(9-15)13(18-14)16-7-8-19/h2-6,19H,7-8H2,1H3,(H,16,17,18). The van der Waals surface area contributed by atoms with E-state index in [4.69, 9.17) is 5.11 Å². The first-order valence-corrected chi connectivity index (χ1v) is 7.29. The molecule has 0 saturated carbocycles. The van der Waals surface area contributed by atoms with Crippen molar-refractivity contribution in [3.63, 3.8) is 0 Å². The molecule has 0 aliphatic rings. The third kappa shape index (κ3) is 3.07. The Morgan fingerprint density at radius 3 is 2.65 bits per heavy atom. The molecular formula is C14H14N4OS. The van der Waals surface area contributed by atoms with E-state index >= 15 is 0 Å². The summed E-state index contributed by atoms with van der Waals surface area (Å²) in [6.45, 7) is 0.317. The predicted octanol–water partition coefficient (Wildman–Crippen LogP) is 2.14. The molecule has 0 spiro atoms. The third-order valence-electron chi connectivity index (χ3n) is 2.63. The minimum atomic E-state index is -0.0237. The van der Waals surface area contributed by atoms with Gasteiger partial charge in [0.2, 0.25) is 0 Å². The lowest BCUT2D eigenvalue weighted by Crippen LogP contribution is -2.10. The Kier molecular flexibility index (Phi) is 4.93. The Labute approximate surface area is 121 Å². The van der Waals surface area contributed by atoms with Crippen molar-refractivity contribution in [1.82, 2.24) is 9.97 Å². The second kappa shape index (κ2) is 6.89. The average Bonchev–Trinajstić information content (AvgIpc) is 2.52. The number of hydrogen-bond acceptors (Lipinski definition) is 6. The van der Waals surface area contributed by atoms with Crippen LogP contribution in [0.3, 0.4) is 0 Å². The second-order valence-electron chi connectivity index (χ2n) is 3.91. The average molecular weight is 286 g/mol. The topological polar surface area (TPSA) is 81.8 Å². The zero-order chi connectivity index (χ0) is 14.4. The number of aliphatic hydroxyl groups is 1. The summed E-state index contributed by atoms with van der Waals surface area (Å²) in [7, 11) is 0. The summed E-state index contributed by atoms with van der Waals surface area (Å²) < 4.78 is 0. The van der Waals surface area contributed by atoms with Crippen molar-refractivity contribution in [2.75, 3.05) is 24.7 Å². The van der Waals surface area contributed by atoms with Gasteiger partial charge in [0, 0.05) is 12.1 Å². The smallest absolute Gasteiger partial charge is 0.189 e. The molecule has 0 radical (unpaired) electrons. The van der Waals surface area contributed by atoms with Gasteiger partial charge in [-0.25, -0.2) is 9.97 Å². The van der Waals surface area contributed by atoms with Gasteiger partial charge >= 0.3 is 0 Å². The lowest BCUT2D eigenvalue weighted by molar-refractivity contribution is 0.311. The highest BCUT2D eigenvalue weighted by Crippen LogP contribution is 2.27. The quantitative estimate of drug-likeness (QED) is 0.647. The number of rotatable bonds is 5. The molecule has 0 bridgehead atoms. The van der Waals surface area contributed by atoms with Crippen LogP contribution in [-0.4, -0.2) is 34.5 Å². The van der Waals surface area contributed by atoms with Crippen LogP contribution < -0.4 is 5.32 Å². The molecule has 102 valence electrons. The van der Waals surface area contributed by atoms with Gasteiger partial charge in [0.25, 0.3) is 0 Å². The van der Waals surface area contributed by atoms with E-state index in [-0.39, 0.29) is 6.61 Å². The summed E-state index contributed by atoms with van der Waals surface area (Å²) in [5, 5.41) is 21.8. The molecule has 20 heavy (non-hydrogen) atoms. The van der Waals surface area contributed by atoms with Crippen molar-refractivity contribution < 1.29 is 5.11 Å². The Morgan fingerprint density at radius 2 is 2.05 bits per heavy atom. The van der Waals surface area contributed by atoms with E-state index in [0.717, 1.165) is 5.56 Å². The second-order valence-corrected chi connectivity index (χ2v) is 4.68. The molecule has 2 N–H and O–H groups in total. The fourth-order valence-corrected chi connectivity index (χ4v) is 2.11. The highest BCUT2D eigenvalue weighted by atomic mass is 32.2. The molecule has 2 rings (SSSR count). The van der Waals surface area contributed by atoms with Crippen molar-refractivity contribution in [1.29, 1.82) is 5.26 Å². The molecule has 5 nitrogen and oxygen atoms in total. The molecule has 0 unspecified atom stereocenters. The fourth-order valence-electron chi connectivity index (χ4n) is 1.74. The summed E-state index contributed by atoms with van der Waals surface area (Å²) in [5.74, 6) is 0.458. The number of aliphatic hydroxyl groups excluding tert-OH is 1. The maximum Gasteiger partial charge on any atom is 0.189 e. The lowest BCUT2D eigenvalue weighted by atomic mass is 10.1. The number of anilines is 1. The van der Waals surface area contributed by atoms with Crippen molar-refractivity contribution in [3.8, 4) is 17.3 Å². The molecule has 1 heterocycles. The maximum atomic E-state index is 9.38. The third-order valence-corrected chi connectivity index (χ3v) is 3.18. The number of hydrogen-bond donors (Lipinski definition) is 2. The zero-order valence-corrected chi connectivity index (χ0v) is 11.8. The van der Waals surface area contributed by atoms with Crippen LogP contribution >= 0.6 is 11.8 Å². The van der Waals surface area contributed by atoms with Crippen LogP contribution in [-0.2, 0) is 0 Å². The Bertz CT molecular complexity index is 625. The molecule has 0 fully saturated rings. The van der Waals surface area contributed by atoms with Gasteiger partial charge in [-0.05, 0) is 6.26 Å². The molecule has 0 saturated heterocycles. The Hall–Kier alpha value is -2.10. The van der Waals surface area contributed by atoms with E-state index < -0.39 is 0 Å². The maximum absolute atomic E-state index is 9.38. The van der Waals surface area contributed by atoms with E-state index in [1.807, 2.05) is 36.6 Å². The van der Waals surface area contributed by atoms with Crippen LogP contribution in [0.1, 0.15) is 5.56 Å². The van der Waals surface area contributed by atoms with Crippen LogP contribution in [0.25, 0.3) is 11.3 Å². The number of benzene rings is 1. The van der Waals surface area contributed by atoms with Gasteiger partial charge in [-0.2, -0.15) is 5.26 Å². The van der Waals surface area contributed by atoms with E-state index in [2.05, 4.69) is 21.4 Å². The molecule has 0 aliphatic carbocycles. The first-order valence-electron chi connectivity index (χ1n) is 6.06. The molecular weight excluding hydrogens is 272 g/mol. The lowest BCUT2D eigenvalue weighted by Gasteiger charge is -2.11. The van der Waals surface area contributed by atoms with Crippen molar-refractivity contribution in [2.45, 2.75) is 5.16 Å². The molecule has 2 aromatic rings. The van der Waals surface area contributed by atoms with Crippen LogP contribution in [0.2, 0.25) is 0 Å². The summed E-state index contributed by atoms with van der Waals surface area (Å²) >= 11 is 1.41. The van der Waals surface area contributed by atoms with E-state index in [1.54, 1.807) is 0 Å². The normalized spacial score (nSPS) is 10.1. The van der Waals surface area contributed by atoms with E-state index in [1.165, 1.54) is 11.8 Å². The van der Waals surface area contributed by atoms with E-state index in [9.17, 15) is 5.26 Å². The molecule has 0 amide bonds. The van der Waals surface area contributed by atoms with Gasteiger partial charge in [0.05, 0.1) is 12.3 Å².